The minimum Gasteiger partial charge on any atom is -0.406 e. The molecule has 10 heteroatoms. The average Bonchev–Trinajstić information content (AvgIpc) is 2.79. The molecule has 1 aliphatic rings. The molecule has 180 valence electrons. The molecule has 0 unspecified atom stereocenters. The Morgan fingerprint density at radius 2 is 1.71 bits per heavy atom. The SMILES string of the molecule is Fc1ccc(CNc2cc(-c3cccc(OC(F)(F)F)c3)nc(NC3CCCCC3)n2)cc1F. The standard InChI is InChI=1S/C24H23F5N4O/c25-19-10-9-15(11-20(19)26)14-30-22-13-21(16-5-4-8-18(12-16)34-24(27,28)29)32-23(33-22)31-17-6-2-1-3-7-17/h4-5,8-13,17H,1-3,6-7,14H2,(H2,30,31,32,33). The van der Waals surface area contributed by atoms with E-state index in [0.717, 1.165) is 37.8 Å². The first kappa shape index (κ1) is 23.7. The Bertz CT molecular complexity index is 1130. The van der Waals surface area contributed by atoms with E-state index < -0.39 is 18.0 Å². The van der Waals surface area contributed by atoms with Gasteiger partial charge >= 0.3 is 6.36 Å². The number of nitrogens with one attached hydrogen (secondary N) is 2. The van der Waals surface area contributed by atoms with Crippen molar-refractivity contribution in [3.63, 3.8) is 0 Å². The van der Waals surface area contributed by atoms with Gasteiger partial charge in [0.2, 0.25) is 5.95 Å². The highest BCUT2D eigenvalue weighted by molar-refractivity contribution is 5.66. The highest BCUT2D eigenvalue weighted by atomic mass is 19.4. The number of anilines is 2. The van der Waals surface area contributed by atoms with Crippen molar-refractivity contribution >= 4 is 11.8 Å². The summed E-state index contributed by atoms with van der Waals surface area (Å²) < 4.78 is 68.8. The number of aromatic nitrogens is 2. The molecule has 2 aromatic carbocycles. The molecule has 1 fully saturated rings. The van der Waals surface area contributed by atoms with Crippen molar-refractivity contribution in [2.24, 2.45) is 0 Å². The molecule has 0 aliphatic heterocycles. The third kappa shape index (κ3) is 6.55. The first-order valence-electron chi connectivity index (χ1n) is 10.9. The van der Waals surface area contributed by atoms with Crippen LogP contribution >= 0.6 is 0 Å². The summed E-state index contributed by atoms with van der Waals surface area (Å²) in [5, 5.41) is 6.37. The Hall–Kier alpha value is -3.43. The number of ether oxygens (including phenoxy) is 1. The van der Waals surface area contributed by atoms with Crippen LogP contribution in [0.1, 0.15) is 37.7 Å². The molecular formula is C24H23F5N4O. The van der Waals surface area contributed by atoms with E-state index in [4.69, 9.17) is 0 Å². The smallest absolute Gasteiger partial charge is 0.406 e. The summed E-state index contributed by atoms with van der Waals surface area (Å²) in [5.74, 6) is -1.53. The molecule has 5 nitrogen and oxygen atoms in total. The predicted molar refractivity (Wildman–Crippen MR) is 118 cm³/mol. The summed E-state index contributed by atoms with van der Waals surface area (Å²) in [6, 6.07) is 10.9. The fourth-order valence-corrected chi connectivity index (χ4v) is 3.87. The molecule has 1 aliphatic carbocycles. The molecule has 3 aromatic rings. The number of rotatable bonds is 7. The molecular weight excluding hydrogens is 455 g/mol. The summed E-state index contributed by atoms with van der Waals surface area (Å²) in [4.78, 5) is 8.98. The van der Waals surface area contributed by atoms with E-state index in [0.29, 0.717) is 28.6 Å². The maximum absolute atomic E-state index is 13.5. The van der Waals surface area contributed by atoms with Gasteiger partial charge in [-0.1, -0.05) is 37.5 Å². The normalized spacial score (nSPS) is 14.6. The van der Waals surface area contributed by atoms with Crippen LogP contribution in [-0.4, -0.2) is 22.4 Å². The third-order valence-electron chi connectivity index (χ3n) is 5.49. The van der Waals surface area contributed by atoms with Crippen molar-refractivity contribution in [1.82, 2.24) is 9.97 Å². The topological polar surface area (TPSA) is 59.1 Å². The lowest BCUT2D eigenvalue weighted by Crippen LogP contribution is -2.23. The van der Waals surface area contributed by atoms with Crippen LogP contribution in [0.2, 0.25) is 0 Å². The van der Waals surface area contributed by atoms with Crippen LogP contribution in [0, 0.1) is 11.6 Å². The molecule has 0 spiro atoms. The first-order valence-corrected chi connectivity index (χ1v) is 10.9. The Morgan fingerprint density at radius 1 is 0.912 bits per heavy atom. The molecule has 1 heterocycles. The molecule has 2 N–H and O–H groups in total. The maximum Gasteiger partial charge on any atom is 0.573 e. The highest BCUT2D eigenvalue weighted by Crippen LogP contribution is 2.29. The van der Waals surface area contributed by atoms with Crippen molar-refractivity contribution in [2.75, 3.05) is 10.6 Å². The lowest BCUT2D eigenvalue weighted by atomic mass is 9.96. The Balaban J connectivity index is 1.61. The molecule has 0 bridgehead atoms. The molecule has 1 aromatic heterocycles. The number of hydrogen-bond acceptors (Lipinski definition) is 5. The van der Waals surface area contributed by atoms with Gasteiger partial charge in [0.05, 0.1) is 5.69 Å². The van der Waals surface area contributed by atoms with E-state index in [1.165, 1.54) is 30.7 Å². The summed E-state index contributed by atoms with van der Waals surface area (Å²) >= 11 is 0. The van der Waals surface area contributed by atoms with Crippen molar-refractivity contribution in [3.8, 4) is 17.0 Å². The number of hydrogen-bond donors (Lipinski definition) is 2. The molecule has 0 saturated heterocycles. The van der Waals surface area contributed by atoms with Gasteiger partial charge in [-0.15, -0.1) is 13.2 Å². The van der Waals surface area contributed by atoms with Crippen molar-refractivity contribution < 1.29 is 26.7 Å². The van der Waals surface area contributed by atoms with Gasteiger partial charge in [-0.05, 0) is 42.7 Å². The van der Waals surface area contributed by atoms with Crippen LogP contribution in [0.4, 0.5) is 33.7 Å². The number of benzene rings is 2. The van der Waals surface area contributed by atoms with Crippen molar-refractivity contribution in [1.29, 1.82) is 0 Å². The zero-order valence-corrected chi connectivity index (χ0v) is 18.1. The first-order chi connectivity index (χ1) is 16.2. The maximum atomic E-state index is 13.5. The van der Waals surface area contributed by atoms with Gasteiger partial charge in [0.15, 0.2) is 11.6 Å². The second-order valence-electron chi connectivity index (χ2n) is 8.12. The molecule has 0 radical (unpaired) electrons. The minimum absolute atomic E-state index is 0.160. The van der Waals surface area contributed by atoms with Gasteiger partial charge in [-0.25, -0.2) is 13.8 Å². The number of nitrogens with zero attached hydrogens (tertiary/aromatic N) is 2. The van der Waals surface area contributed by atoms with E-state index in [9.17, 15) is 22.0 Å². The number of halogens is 5. The van der Waals surface area contributed by atoms with E-state index in [1.807, 2.05) is 0 Å². The van der Waals surface area contributed by atoms with E-state index in [-0.39, 0.29) is 18.3 Å². The Kier molecular flexibility index (Phi) is 7.14. The van der Waals surface area contributed by atoms with E-state index in [1.54, 1.807) is 12.1 Å². The van der Waals surface area contributed by atoms with Crippen LogP contribution in [0.5, 0.6) is 5.75 Å². The third-order valence-corrected chi connectivity index (χ3v) is 5.49. The summed E-state index contributed by atoms with van der Waals surface area (Å²) in [6.45, 7) is 0.160. The zero-order valence-electron chi connectivity index (χ0n) is 18.1. The van der Waals surface area contributed by atoms with Crippen LogP contribution in [-0.2, 0) is 6.54 Å². The largest absolute Gasteiger partial charge is 0.573 e. The fourth-order valence-electron chi connectivity index (χ4n) is 3.87. The molecule has 34 heavy (non-hydrogen) atoms. The summed E-state index contributed by atoms with van der Waals surface area (Å²) in [7, 11) is 0. The molecule has 4 rings (SSSR count). The van der Waals surface area contributed by atoms with Gasteiger partial charge in [0, 0.05) is 24.2 Å². The van der Waals surface area contributed by atoms with Gasteiger partial charge in [0.1, 0.15) is 11.6 Å². The fraction of sp³-hybridized carbons (Fsp3) is 0.333. The van der Waals surface area contributed by atoms with Crippen LogP contribution < -0.4 is 15.4 Å². The van der Waals surface area contributed by atoms with E-state index in [2.05, 4.69) is 25.3 Å². The summed E-state index contributed by atoms with van der Waals surface area (Å²) in [5.41, 5.74) is 1.29. The van der Waals surface area contributed by atoms with Gasteiger partial charge in [-0.3, -0.25) is 0 Å². The second kappa shape index (κ2) is 10.2. The van der Waals surface area contributed by atoms with Crippen LogP contribution in [0.25, 0.3) is 11.3 Å². The zero-order chi connectivity index (χ0) is 24.1. The monoisotopic (exact) mass is 478 g/mol. The second-order valence-corrected chi connectivity index (χ2v) is 8.12. The average molecular weight is 478 g/mol. The van der Waals surface area contributed by atoms with Crippen molar-refractivity contribution in [3.05, 3.63) is 65.7 Å². The molecule has 1 saturated carbocycles. The highest BCUT2D eigenvalue weighted by Gasteiger charge is 2.31. The lowest BCUT2D eigenvalue weighted by molar-refractivity contribution is -0.274. The molecule has 0 atom stereocenters. The van der Waals surface area contributed by atoms with E-state index >= 15 is 0 Å². The van der Waals surface area contributed by atoms with Gasteiger partial charge < -0.3 is 15.4 Å². The van der Waals surface area contributed by atoms with Crippen LogP contribution in [0.3, 0.4) is 0 Å². The Morgan fingerprint density at radius 3 is 2.44 bits per heavy atom. The summed E-state index contributed by atoms with van der Waals surface area (Å²) in [6.07, 6.45) is 0.492. The number of alkyl halides is 3. The quantitative estimate of drug-likeness (QED) is 0.371. The Labute approximate surface area is 193 Å². The molecule has 0 amide bonds. The predicted octanol–water partition coefficient (Wildman–Crippen LogP) is 6.68. The van der Waals surface area contributed by atoms with Gasteiger partial charge in [0.25, 0.3) is 0 Å². The van der Waals surface area contributed by atoms with Gasteiger partial charge in [-0.2, -0.15) is 4.98 Å². The minimum atomic E-state index is -4.81. The van der Waals surface area contributed by atoms with Crippen molar-refractivity contribution in [2.45, 2.75) is 51.1 Å². The lowest BCUT2D eigenvalue weighted by Gasteiger charge is -2.23. The van der Waals surface area contributed by atoms with Crippen LogP contribution in [0.15, 0.2) is 48.5 Å².